The van der Waals surface area contributed by atoms with E-state index in [2.05, 4.69) is 38.3 Å². The molecule has 3 rings (SSSR count). The summed E-state index contributed by atoms with van der Waals surface area (Å²) in [6.45, 7) is 4.11. The van der Waals surface area contributed by atoms with E-state index in [-0.39, 0.29) is 0 Å². The van der Waals surface area contributed by atoms with Gasteiger partial charge >= 0.3 is 0 Å². The Balaban J connectivity index is 1.83. The fraction of sp³-hybridized carbons (Fsp3) is 0.632. The first kappa shape index (κ1) is 14.8. The van der Waals surface area contributed by atoms with Crippen LogP contribution in [0.3, 0.4) is 0 Å². The molecule has 0 saturated heterocycles. The molecule has 0 aromatic heterocycles. The van der Waals surface area contributed by atoms with Crippen LogP contribution >= 0.6 is 0 Å². The van der Waals surface area contributed by atoms with Crippen molar-refractivity contribution in [3.8, 4) is 0 Å². The second-order valence-electron chi connectivity index (χ2n) is 6.75. The van der Waals surface area contributed by atoms with E-state index in [0.717, 1.165) is 36.4 Å². The normalized spacial score (nSPS) is 22.5. The van der Waals surface area contributed by atoms with Crippen molar-refractivity contribution in [2.24, 2.45) is 16.8 Å². The Hall–Kier alpha value is -1.15. The van der Waals surface area contributed by atoms with Crippen molar-refractivity contribution in [2.45, 2.75) is 64.4 Å². The number of fused-ring (bicyclic) bond motifs is 1. The van der Waals surface area contributed by atoms with E-state index in [4.69, 9.17) is 4.99 Å². The van der Waals surface area contributed by atoms with E-state index in [1.807, 2.05) is 0 Å². The number of rotatable bonds is 4. The number of aryl methyl sites for hydroxylation is 1. The maximum atomic E-state index is 10.7. The van der Waals surface area contributed by atoms with Gasteiger partial charge in [-0.1, -0.05) is 32.4 Å². The zero-order valence-electron chi connectivity index (χ0n) is 13.3. The molecule has 1 aromatic rings. The maximum absolute atomic E-state index is 10.7. The fourth-order valence-corrected chi connectivity index (χ4v) is 3.66. The summed E-state index contributed by atoms with van der Waals surface area (Å²) < 4.78 is 0. The van der Waals surface area contributed by atoms with E-state index in [1.54, 1.807) is 0 Å². The lowest BCUT2D eigenvalue weighted by Gasteiger charge is -2.31. The molecule has 0 spiro atoms. The van der Waals surface area contributed by atoms with Crippen molar-refractivity contribution >= 4 is 11.9 Å². The predicted octanol–water partition coefficient (Wildman–Crippen LogP) is 4.76. The Morgan fingerprint density at radius 3 is 2.57 bits per heavy atom. The van der Waals surface area contributed by atoms with Crippen molar-refractivity contribution in [2.75, 3.05) is 0 Å². The number of hydrogen-bond donors (Lipinski definition) is 1. The fourth-order valence-electron chi connectivity index (χ4n) is 3.66. The van der Waals surface area contributed by atoms with Crippen LogP contribution in [0.25, 0.3) is 0 Å². The van der Waals surface area contributed by atoms with Gasteiger partial charge in [-0.2, -0.15) is 0 Å². The van der Waals surface area contributed by atoms with Crippen LogP contribution in [0, 0.1) is 11.8 Å². The Labute approximate surface area is 128 Å². The van der Waals surface area contributed by atoms with Crippen LogP contribution in [0.5, 0.6) is 0 Å². The minimum Gasteiger partial charge on any atom is -0.385 e. The molecule has 21 heavy (non-hydrogen) atoms. The van der Waals surface area contributed by atoms with Crippen molar-refractivity contribution < 1.29 is 5.11 Å². The van der Waals surface area contributed by atoms with Crippen LogP contribution < -0.4 is 0 Å². The Morgan fingerprint density at radius 2 is 1.95 bits per heavy atom. The molecule has 1 fully saturated rings. The SMILES string of the molecule is CCC(O)(CC)c1ccc2c(c1)CCC(C1CCC1)C=N2. The van der Waals surface area contributed by atoms with Crippen molar-refractivity contribution in [3.05, 3.63) is 29.3 Å². The van der Waals surface area contributed by atoms with Gasteiger partial charge in [-0.25, -0.2) is 0 Å². The quantitative estimate of drug-likeness (QED) is 0.850. The second-order valence-corrected chi connectivity index (χ2v) is 6.75. The molecule has 1 aromatic carbocycles. The summed E-state index contributed by atoms with van der Waals surface area (Å²) in [7, 11) is 0. The highest BCUT2D eigenvalue weighted by Gasteiger charge is 2.29. The van der Waals surface area contributed by atoms with Gasteiger partial charge in [0.1, 0.15) is 0 Å². The van der Waals surface area contributed by atoms with Gasteiger partial charge in [0, 0.05) is 6.21 Å². The molecular formula is C19H27NO. The van der Waals surface area contributed by atoms with Crippen molar-refractivity contribution in [3.63, 3.8) is 0 Å². The minimum atomic E-state index is -0.682. The van der Waals surface area contributed by atoms with Crippen LogP contribution in [0.1, 0.15) is 63.5 Å². The third-order valence-corrected chi connectivity index (χ3v) is 5.69. The van der Waals surface area contributed by atoms with E-state index in [0.29, 0.717) is 5.92 Å². The highest BCUT2D eigenvalue weighted by molar-refractivity contribution is 5.69. The van der Waals surface area contributed by atoms with Gasteiger partial charge < -0.3 is 5.11 Å². The van der Waals surface area contributed by atoms with Crippen LogP contribution in [0.2, 0.25) is 0 Å². The summed E-state index contributed by atoms with van der Waals surface area (Å²) >= 11 is 0. The first-order chi connectivity index (χ1) is 10.2. The number of hydrogen-bond acceptors (Lipinski definition) is 2. The third-order valence-electron chi connectivity index (χ3n) is 5.69. The number of aliphatic imine (C=N–C) groups is 1. The number of benzene rings is 1. The lowest BCUT2D eigenvalue weighted by Crippen LogP contribution is -2.23. The standard InChI is InChI=1S/C19H27NO/c1-3-19(21,4-2)17-10-11-18-15(12-17)8-9-16(13-20-18)14-6-5-7-14/h10-14,16,21H,3-9H2,1-2H3. The summed E-state index contributed by atoms with van der Waals surface area (Å²) in [6, 6.07) is 6.36. The number of nitrogens with zero attached hydrogens (tertiary/aromatic N) is 1. The lowest BCUT2D eigenvalue weighted by atomic mass is 9.74. The zero-order valence-corrected chi connectivity index (χ0v) is 13.3. The zero-order chi connectivity index (χ0) is 14.9. The van der Waals surface area contributed by atoms with Gasteiger partial charge in [-0.3, -0.25) is 4.99 Å². The molecule has 2 nitrogen and oxygen atoms in total. The molecular weight excluding hydrogens is 258 g/mol. The van der Waals surface area contributed by atoms with Gasteiger partial charge in [0.2, 0.25) is 0 Å². The maximum Gasteiger partial charge on any atom is 0.0891 e. The first-order valence-electron chi connectivity index (χ1n) is 8.56. The average molecular weight is 285 g/mol. The summed E-state index contributed by atoms with van der Waals surface area (Å²) in [5.74, 6) is 1.52. The van der Waals surface area contributed by atoms with E-state index in [9.17, 15) is 5.11 Å². The largest absolute Gasteiger partial charge is 0.385 e. The van der Waals surface area contributed by atoms with Crippen LogP contribution in [0.15, 0.2) is 23.2 Å². The van der Waals surface area contributed by atoms with E-state index in [1.165, 1.54) is 31.2 Å². The second kappa shape index (κ2) is 5.92. The van der Waals surface area contributed by atoms with Crippen LogP contribution in [-0.4, -0.2) is 11.3 Å². The Bertz CT molecular complexity index is 526. The summed E-state index contributed by atoms with van der Waals surface area (Å²) in [5.41, 5.74) is 2.79. The molecule has 2 heteroatoms. The highest BCUT2D eigenvalue weighted by atomic mass is 16.3. The first-order valence-corrected chi connectivity index (χ1v) is 8.56. The molecule has 1 unspecified atom stereocenters. The van der Waals surface area contributed by atoms with Gasteiger partial charge in [0.15, 0.2) is 0 Å². The molecule has 1 aliphatic heterocycles. The van der Waals surface area contributed by atoms with Gasteiger partial charge in [-0.05, 0) is 67.6 Å². The Morgan fingerprint density at radius 1 is 1.19 bits per heavy atom. The molecule has 0 bridgehead atoms. The molecule has 1 saturated carbocycles. The smallest absolute Gasteiger partial charge is 0.0891 e. The highest BCUT2D eigenvalue weighted by Crippen LogP contribution is 2.39. The molecule has 114 valence electrons. The summed E-state index contributed by atoms with van der Waals surface area (Å²) in [6.07, 6.45) is 10.2. The minimum absolute atomic E-state index is 0.658. The van der Waals surface area contributed by atoms with Crippen LogP contribution in [-0.2, 0) is 12.0 Å². The molecule has 0 radical (unpaired) electrons. The number of aliphatic hydroxyl groups is 1. The van der Waals surface area contributed by atoms with Crippen LogP contribution in [0.4, 0.5) is 5.69 Å². The van der Waals surface area contributed by atoms with Gasteiger partial charge in [0.25, 0.3) is 0 Å². The third kappa shape index (κ3) is 2.78. The van der Waals surface area contributed by atoms with Crippen molar-refractivity contribution in [1.82, 2.24) is 0 Å². The monoisotopic (exact) mass is 285 g/mol. The van der Waals surface area contributed by atoms with E-state index < -0.39 is 5.60 Å². The van der Waals surface area contributed by atoms with Crippen molar-refractivity contribution in [1.29, 1.82) is 0 Å². The lowest BCUT2D eigenvalue weighted by molar-refractivity contribution is 0.0283. The molecule has 2 aliphatic rings. The molecule has 1 aliphatic carbocycles. The van der Waals surface area contributed by atoms with Gasteiger partial charge in [-0.15, -0.1) is 0 Å². The topological polar surface area (TPSA) is 32.6 Å². The predicted molar refractivity (Wildman–Crippen MR) is 88.2 cm³/mol. The molecule has 0 amide bonds. The summed E-state index contributed by atoms with van der Waals surface area (Å²) in [5, 5.41) is 10.7. The average Bonchev–Trinajstić information content (AvgIpc) is 2.67. The van der Waals surface area contributed by atoms with E-state index >= 15 is 0 Å². The molecule has 1 atom stereocenters. The summed E-state index contributed by atoms with van der Waals surface area (Å²) in [4.78, 5) is 4.74. The molecule has 1 heterocycles. The Kier molecular flexibility index (Phi) is 4.17. The molecule has 1 N–H and O–H groups in total. The van der Waals surface area contributed by atoms with Gasteiger partial charge in [0.05, 0.1) is 11.3 Å².